The molecule has 5 heterocycles. The molecule has 1 unspecified atom stereocenters. The molecule has 2 fully saturated rings. The van der Waals surface area contributed by atoms with Gasteiger partial charge < -0.3 is 39.3 Å². The van der Waals surface area contributed by atoms with Gasteiger partial charge in [0, 0.05) is 32.2 Å². The van der Waals surface area contributed by atoms with Gasteiger partial charge in [-0.25, -0.2) is 14.8 Å². The van der Waals surface area contributed by atoms with Crippen LogP contribution in [-0.2, 0) is 23.8 Å². The van der Waals surface area contributed by atoms with E-state index in [2.05, 4.69) is 35.2 Å². The number of aromatic amines is 2. The van der Waals surface area contributed by atoms with E-state index in [1.165, 1.54) is 7.11 Å². The number of carbonyl (C=O) groups is 3. The zero-order valence-corrected chi connectivity index (χ0v) is 33.8. The van der Waals surface area contributed by atoms with E-state index in [4.69, 9.17) is 24.2 Å². The number of likely N-dealkylation sites (tertiary alicyclic amines) is 1. The predicted octanol–water partition coefficient (Wildman–Crippen LogP) is 5.00. The molecular weight excluding hydrogens is 731 g/mol. The van der Waals surface area contributed by atoms with Crippen molar-refractivity contribution in [1.82, 2.24) is 35.1 Å². The van der Waals surface area contributed by atoms with Crippen molar-refractivity contribution in [2.45, 2.75) is 83.5 Å². The van der Waals surface area contributed by atoms with Crippen LogP contribution in [0.3, 0.4) is 0 Å². The third-order valence-corrected chi connectivity index (χ3v) is 9.84. The first kappa shape index (κ1) is 44.6. The number of nitrogens with zero attached hydrogens (tertiary/aromatic N) is 4. The molecule has 3 aromatic rings. The summed E-state index contributed by atoms with van der Waals surface area (Å²) < 4.78 is 17.1. The Bertz CT molecular complexity index is 1590. The molecule has 1 aromatic carbocycles. The molecule has 0 saturated carbocycles. The summed E-state index contributed by atoms with van der Waals surface area (Å²) in [5.74, 6) is 1.70. The minimum absolute atomic E-state index is 0. The molecule has 2 aromatic heterocycles. The number of carbonyl (C=O) groups excluding carboxylic acids is 3. The smallest absolute Gasteiger partial charge is 0.407 e. The number of rotatable bonds is 5. The first-order chi connectivity index (χ1) is 22.7. The summed E-state index contributed by atoms with van der Waals surface area (Å²) in [6.07, 6.45) is 5.57. The number of ether oxygens (including phenoxy) is 3. The summed E-state index contributed by atoms with van der Waals surface area (Å²) in [7, 11) is 1.27. The summed E-state index contributed by atoms with van der Waals surface area (Å²) in [6.45, 7) is 8.46. The van der Waals surface area contributed by atoms with Gasteiger partial charge in [-0.3, -0.25) is 9.59 Å². The molecule has 3 amide bonds. The Morgan fingerprint density at radius 2 is 1.69 bits per heavy atom. The number of methoxy groups -OCH3 is 1. The second-order valence-corrected chi connectivity index (χ2v) is 13.3. The van der Waals surface area contributed by atoms with Gasteiger partial charge in [0.2, 0.25) is 11.8 Å². The van der Waals surface area contributed by atoms with Crippen LogP contribution in [0.4, 0.5) is 4.79 Å². The van der Waals surface area contributed by atoms with Crippen LogP contribution in [0.15, 0.2) is 24.4 Å². The lowest BCUT2D eigenvalue weighted by Gasteiger charge is -2.28. The molecule has 6 rings (SSSR count). The van der Waals surface area contributed by atoms with Crippen molar-refractivity contribution in [3.63, 3.8) is 0 Å². The predicted molar refractivity (Wildman–Crippen MR) is 215 cm³/mol. The molecule has 286 valence electrons. The van der Waals surface area contributed by atoms with Crippen molar-refractivity contribution < 1.29 is 28.6 Å². The molecule has 5 atom stereocenters. The fourth-order valence-corrected chi connectivity index (χ4v) is 6.85. The van der Waals surface area contributed by atoms with Gasteiger partial charge in [-0.2, -0.15) is 54.0 Å². The summed E-state index contributed by atoms with van der Waals surface area (Å²) in [4.78, 5) is 59.4. The van der Waals surface area contributed by atoms with Gasteiger partial charge in [0.05, 0.1) is 48.7 Å². The summed E-state index contributed by atoms with van der Waals surface area (Å²) in [5, 5.41) is 2.64. The molecular formula is C34H55N7O6S4. The zero-order valence-electron chi connectivity index (χ0n) is 29.8. The maximum atomic E-state index is 13.6. The molecule has 17 heteroatoms. The Balaban J connectivity index is 0.00000225. The number of benzene rings is 1. The Kier molecular flexibility index (Phi) is 17.5. The van der Waals surface area contributed by atoms with Crippen molar-refractivity contribution in [2.24, 2.45) is 11.8 Å². The van der Waals surface area contributed by atoms with E-state index in [-0.39, 0.29) is 96.3 Å². The first-order valence-corrected chi connectivity index (χ1v) is 16.9. The molecule has 2 bridgehead atoms. The van der Waals surface area contributed by atoms with Gasteiger partial charge in [-0.05, 0) is 62.1 Å². The maximum absolute atomic E-state index is 13.6. The van der Waals surface area contributed by atoms with E-state index in [9.17, 15) is 14.4 Å². The number of aromatic nitrogens is 4. The summed E-state index contributed by atoms with van der Waals surface area (Å²) >= 11 is 0. The van der Waals surface area contributed by atoms with E-state index >= 15 is 0 Å². The normalized spacial score (nSPS) is 23.0. The van der Waals surface area contributed by atoms with Crippen molar-refractivity contribution in [3.8, 4) is 0 Å². The molecule has 3 aliphatic heterocycles. The SMILES string of the molecule is COC(=O)N[C@H]1COCCCCOC(c2ccc3nc([C@@H]4CCCN4C(=O)[C@@H](C)C(C)C)[nH]c3c2)c2cnc([nH]2)[C@@H]2CCCN2C1=O.S.S.S.S. The van der Waals surface area contributed by atoms with Gasteiger partial charge >= 0.3 is 6.09 Å². The second-order valence-electron chi connectivity index (χ2n) is 13.3. The minimum atomic E-state index is -0.856. The molecule has 51 heavy (non-hydrogen) atoms. The van der Waals surface area contributed by atoms with E-state index in [0.29, 0.717) is 25.6 Å². The Morgan fingerprint density at radius 3 is 2.43 bits per heavy atom. The number of hydrogen-bond donors (Lipinski definition) is 3. The highest BCUT2D eigenvalue weighted by molar-refractivity contribution is 7.59. The quantitative estimate of drug-likeness (QED) is 0.327. The number of hydrogen-bond acceptors (Lipinski definition) is 8. The highest BCUT2D eigenvalue weighted by atomic mass is 32.1. The van der Waals surface area contributed by atoms with Gasteiger partial charge in [-0.1, -0.05) is 26.8 Å². The van der Waals surface area contributed by atoms with Crippen LogP contribution in [-0.4, -0.2) is 93.7 Å². The highest BCUT2D eigenvalue weighted by Crippen LogP contribution is 2.36. The minimum Gasteiger partial charge on any atom is -0.453 e. The molecule has 13 nitrogen and oxygen atoms in total. The largest absolute Gasteiger partial charge is 0.453 e. The van der Waals surface area contributed by atoms with Crippen LogP contribution in [0, 0.1) is 11.8 Å². The topological polar surface area (TPSA) is 155 Å². The lowest BCUT2D eigenvalue weighted by molar-refractivity contribution is -0.137. The molecule has 2 saturated heterocycles. The molecule has 0 aliphatic carbocycles. The first-order valence-electron chi connectivity index (χ1n) is 16.9. The van der Waals surface area contributed by atoms with E-state index in [0.717, 1.165) is 73.2 Å². The van der Waals surface area contributed by atoms with Crippen molar-refractivity contribution in [3.05, 3.63) is 47.3 Å². The molecule has 0 spiro atoms. The number of H-pyrrole nitrogens is 2. The summed E-state index contributed by atoms with van der Waals surface area (Å²) in [5.41, 5.74) is 3.47. The zero-order chi connectivity index (χ0) is 33.1. The fourth-order valence-electron chi connectivity index (χ4n) is 6.85. The monoisotopic (exact) mass is 785 g/mol. The van der Waals surface area contributed by atoms with Crippen LogP contribution in [0.2, 0.25) is 0 Å². The number of imidazole rings is 2. The van der Waals surface area contributed by atoms with Gasteiger partial charge in [-0.15, -0.1) is 0 Å². The second kappa shape index (κ2) is 20.0. The third-order valence-electron chi connectivity index (χ3n) is 9.84. The maximum Gasteiger partial charge on any atom is 0.407 e. The van der Waals surface area contributed by atoms with Crippen molar-refractivity contribution in [1.29, 1.82) is 0 Å². The lowest BCUT2D eigenvalue weighted by atomic mass is 9.96. The van der Waals surface area contributed by atoms with Crippen LogP contribution in [0.5, 0.6) is 0 Å². The van der Waals surface area contributed by atoms with Crippen LogP contribution < -0.4 is 5.32 Å². The van der Waals surface area contributed by atoms with E-state index in [1.807, 2.05) is 24.0 Å². The van der Waals surface area contributed by atoms with Crippen molar-refractivity contribution in [2.75, 3.05) is 40.0 Å². The molecule has 3 aliphatic rings. The van der Waals surface area contributed by atoms with Gasteiger partial charge in [0.1, 0.15) is 23.8 Å². The van der Waals surface area contributed by atoms with Crippen LogP contribution in [0.25, 0.3) is 11.0 Å². The van der Waals surface area contributed by atoms with E-state index in [1.54, 1.807) is 11.1 Å². The van der Waals surface area contributed by atoms with Crippen LogP contribution >= 0.6 is 54.0 Å². The summed E-state index contributed by atoms with van der Waals surface area (Å²) in [6, 6.07) is 4.91. The number of alkyl carbamates (subject to hydrolysis) is 1. The van der Waals surface area contributed by atoms with Gasteiger partial charge in [0.25, 0.3) is 0 Å². The lowest BCUT2D eigenvalue weighted by Crippen LogP contribution is -2.50. The van der Waals surface area contributed by atoms with Crippen LogP contribution in [0.1, 0.15) is 100 Å². The Labute approximate surface area is 327 Å². The third kappa shape index (κ3) is 9.90. The number of amides is 3. The number of fused-ring (bicyclic) bond motifs is 5. The average molecular weight is 786 g/mol. The van der Waals surface area contributed by atoms with Crippen molar-refractivity contribution >= 4 is 82.9 Å². The average Bonchev–Trinajstić information content (AvgIpc) is 3.89. The highest BCUT2D eigenvalue weighted by Gasteiger charge is 2.38. The number of nitrogens with one attached hydrogen (secondary N) is 3. The fraction of sp³-hybridized carbons (Fsp3) is 0.618. The standard InChI is InChI=1S/C34H47N7O6.4H2S/c1-20(2)21(3)32(42)40-13-8-10-28(40)31-36-23-12-11-22(17-24(23)37-31)29-25-18-35-30(38-25)27-9-7-14-41(27)33(43)26(39-34(44)45-4)19-46-15-5-6-16-47-29;;;;/h11-12,17-18,20-21,26-29H,5-10,13-16,19H2,1-4H3,(H,35,38)(H,36,37)(H,39,44);4*1H2/t21-,26-,27-,28-,29?;;;;/m0..../s1. The molecule has 0 radical (unpaired) electrons. The Hall–Kier alpha value is -2.57. The Morgan fingerprint density at radius 1 is 0.961 bits per heavy atom. The van der Waals surface area contributed by atoms with Gasteiger partial charge in [0.15, 0.2) is 0 Å². The molecule has 3 N–H and O–H groups in total. The van der Waals surface area contributed by atoms with E-state index < -0.39 is 18.2 Å².